The van der Waals surface area contributed by atoms with E-state index in [0.717, 1.165) is 25.0 Å². The van der Waals surface area contributed by atoms with E-state index in [9.17, 15) is 9.59 Å². The highest BCUT2D eigenvalue weighted by Gasteiger charge is 2.41. The van der Waals surface area contributed by atoms with E-state index >= 15 is 0 Å². The van der Waals surface area contributed by atoms with E-state index in [0.29, 0.717) is 31.3 Å². The predicted octanol–water partition coefficient (Wildman–Crippen LogP) is 1.36. The molecule has 1 aromatic rings. The number of fused-ring (bicyclic) bond motifs is 1. The molecule has 1 aromatic carbocycles. The highest BCUT2D eigenvalue weighted by Crippen LogP contribution is 2.40. The maximum atomic E-state index is 12.6. The van der Waals surface area contributed by atoms with Gasteiger partial charge in [-0.25, -0.2) is 0 Å². The molecule has 0 radical (unpaired) electrons. The lowest BCUT2D eigenvalue weighted by molar-refractivity contribution is -0.141. The number of carbonyl (C=O) groups excluding carboxylic acids is 2. The van der Waals surface area contributed by atoms with Gasteiger partial charge in [0.2, 0.25) is 5.91 Å². The Morgan fingerprint density at radius 2 is 2.00 bits per heavy atom. The molecule has 2 fully saturated rings. The van der Waals surface area contributed by atoms with Gasteiger partial charge in [-0.15, -0.1) is 0 Å². The van der Waals surface area contributed by atoms with Crippen molar-refractivity contribution < 1.29 is 28.5 Å². The van der Waals surface area contributed by atoms with E-state index in [2.05, 4.69) is 5.32 Å². The second kappa shape index (κ2) is 6.92. The monoisotopic (exact) mass is 347 g/mol. The standard InChI is InChI=1S/C18H21NO6/c20-16-9-13(18(21)19-10-12-2-1-5-22-12)17(25-16)11-3-4-14-15(8-11)24-7-6-23-14/h3-4,8,12-13,17H,1-2,5-7,9-10H2,(H,19,21)/t12-,13-,17+/m0/s1. The molecule has 2 saturated heterocycles. The van der Waals surface area contributed by atoms with Gasteiger partial charge in [-0.05, 0) is 30.5 Å². The largest absolute Gasteiger partial charge is 0.486 e. The fraction of sp³-hybridized carbons (Fsp3) is 0.556. The van der Waals surface area contributed by atoms with Gasteiger partial charge in [-0.2, -0.15) is 0 Å². The first-order valence-electron chi connectivity index (χ1n) is 8.69. The van der Waals surface area contributed by atoms with Crippen LogP contribution in [0.3, 0.4) is 0 Å². The average molecular weight is 347 g/mol. The van der Waals surface area contributed by atoms with Gasteiger partial charge in [0.05, 0.1) is 18.4 Å². The van der Waals surface area contributed by atoms with Crippen LogP contribution in [-0.2, 0) is 19.1 Å². The summed E-state index contributed by atoms with van der Waals surface area (Å²) >= 11 is 0. The molecule has 0 unspecified atom stereocenters. The van der Waals surface area contributed by atoms with Gasteiger partial charge in [-0.3, -0.25) is 9.59 Å². The Balaban J connectivity index is 1.47. The van der Waals surface area contributed by atoms with Gasteiger partial charge in [0.1, 0.15) is 19.3 Å². The Labute approximate surface area is 145 Å². The van der Waals surface area contributed by atoms with Crippen molar-refractivity contribution in [1.29, 1.82) is 0 Å². The smallest absolute Gasteiger partial charge is 0.307 e. The average Bonchev–Trinajstić information content (AvgIpc) is 3.29. The molecule has 0 spiro atoms. The first kappa shape index (κ1) is 16.2. The van der Waals surface area contributed by atoms with Crippen molar-refractivity contribution in [3.63, 3.8) is 0 Å². The molecule has 0 aliphatic carbocycles. The van der Waals surface area contributed by atoms with Crippen molar-refractivity contribution in [3.05, 3.63) is 23.8 Å². The Bertz CT molecular complexity index is 670. The van der Waals surface area contributed by atoms with Gasteiger partial charge in [-0.1, -0.05) is 6.07 Å². The van der Waals surface area contributed by atoms with Crippen LogP contribution in [0.1, 0.15) is 30.9 Å². The van der Waals surface area contributed by atoms with Crippen LogP contribution in [0.2, 0.25) is 0 Å². The highest BCUT2D eigenvalue weighted by molar-refractivity contribution is 5.87. The number of cyclic esters (lactones) is 1. The van der Waals surface area contributed by atoms with Crippen LogP contribution in [0.5, 0.6) is 11.5 Å². The third-order valence-corrected chi connectivity index (χ3v) is 4.77. The number of hydrogen-bond donors (Lipinski definition) is 1. The minimum Gasteiger partial charge on any atom is -0.486 e. The highest BCUT2D eigenvalue weighted by atomic mass is 16.6. The van der Waals surface area contributed by atoms with E-state index < -0.39 is 12.0 Å². The molecule has 0 bridgehead atoms. The van der Waals surface area contributed by atoms with Crippen LogP contribution in [0, 0.1) is 5.92 Å². The molecule has 4 rings (SSSR count). The number of carbonyl (C=O) groups is 2. The summed E-state index contributed by atoms with van der Waals surface area (Å²) in [6, 6.07) is 5.40. The van der Waals surface area contributed by atoms with Gasteiger partial charge in [0.25, 0.3) is 0 Å². The second-order valence-electron chi connectivity index (χ2n) is 6.50. The third kappa shape index (κ3) is 3.42. The minimum atomic E-state index is -0.604. The molecule has 1 amide bonds. The van der Waals surface area contributed by atoms with Gasteiger partial charge in [0.15, 0.2) is 11.5 Å². The molecule has 3 aliphatic rings. The molecule has 134 valence electrons. The van der Waals surface area contributed by atoms with E-state index in [1.165, 1.54) is 0 Å². The molecule has 25 heavy (non-hydrogen) atoms. The van der Waals surface area contributed by atoms with E-state index in [1.807, 2.05) is 6.07 Å². The van der Waals surface area contributed by atoms with Crippen molar-refractivity contribution in [3.8, 4) is 11.5 Å². The van der Waals surface area contributed by atoms with Crippen LogP contribution in [-0.4, -0.2) is 44.3 Å². The zero-order valence-corrected chi connectivity index (χ0v) is 13.9. The number of benzene rings is 1. The minimum absolute atomic E-state index is 0.0646. The molecular formula is C18H21NO6. The molecule has 3 aliphatic heterocycles. The normalized spacial score (nSPS) is 27.8. The Hall–Kier alpha value is -2.28. The maximum Gasteiger partial charge on any atom is 0.307 e. The predicted molar refractivity (Wildman–Crippen MR) is 86.4 cm³/mol. The summed E-state index contributed by atoms with van der Waals surface area (Å²) in [6.45, 7) is 2.20. The van der Waals surface area contributed by atoms with Crippen molar-refractivity contribution >= 4 is 11.9 Å². The lowest BCUT2D eigenvalue weighted by Crippen LogP contribution is -2.37. The van der Waals surface area contributed by atoms with Gasteiger partial charge >= 0.3 is 5.97 Å². The third-order valence-electron chi connectivity index (χ3n) is 4.77. The Morgan fingerprint density at radius 1 is 1.16 bits per heavy atom. The molecule has 0 saturated carbocycles. The van der Waals surface area contributed by atoms with Crippen molar-refractivity contribution in [2.75, 3.05) is 26.4 Å². The van der Waals surface area contributed by atoms with Crippen LogP contribution in [0.4, 0.5) is 0 Å². The molecule has 3 heterocycles. The fourth-order valence-corrected chi connectivity index (χ4v) is 3.48. The lowest BCUT2D eigenvalue weighted by atomic mass is 9.94. The van der Waals surface area contributed by atoms with Gasteiger partial charge < -0.3 is 24.3 Å². The summed E-state index contributed by atoms with van der Waals surface area (Å²) in [7, 11) is 0. The summed E-state index contributed by atoms with van der Waals surface area (Å²) < 4.78 is 22.0. The van der Waals surface area contributed by atoms with Crippen molar-refractivity contribution in [1.82, 2.24) is 5.32 Å². The van der Waals surface area contributed by atoms with Crippen LogP contribution in [0.25, 0.3) is 0 Å². The Morgan fingerprint density at radius 3 is 2.80 bits per heavy atom. The number of nitrogens with one attached hydrogen (secondary N) is 1. The van der Waals surface area contributed by atoms with Crippen LogP contribution in [0.15, 0.2) is 18.2 Å². The first-order valence-corrected chi connectivity index (χ1v) is 8.69. The Kier molecular flexibility index (Phi) is 4.48. The van der Waals surface area contributed by atoms with E-state index in [4.69, 9.17) is 18.9 Å². The van der Waals surface area contributed by atoms with E-state index in [1.54, 1.807) is 12.1 Å². The fourth-order valence-electron chi connectivity index (χ4n) is 3.48. The maximum absolute atomic E-state index is 12.6. The number of esters is 1. The zero-order chi connectivity index (χ0) is 17.2. The number of hydrogen-bond acceptors (Lipinski definition) is 6. The SMILES string of the molecule is O=C1C[C@H](C(=O)NC[C@@H]2CCCO2)[C@@H](c2ccc3c(c2)OCCO3)O1. The molecular weight excluding hydrogens is 326 g/mol. The molecule has 7 nitrogen and oxygen atoms in total. The van der Waals surface area contributed by atoms with Crippen molar-refractivity contribution in [2.45, 2.75) is 31.5 Å². The number of ether oxygens (including phenoxy) is 4. The molecule has 0 aromatic heterocycles. The first-order chi connectivity index (χ1) is 12.2. The van der Waals surface area contributed by atoms with E-state index in [-0.39, 0.29) is 24.4 Å². The summed E-state index contributed by atoms with van der Waals surface area (Å²) in [4.78, 5) is 24.4. The summed E-state index contributed by atoms with van der Waals surface area (Å²) in [5.41, 5.74) is 0.743. The van der Waals surface area contributed by atoms with Crippen LogP contribution >= 0.6 is 0 Å². The summed E-state index contributed by atoms with van der Waals surface area (Å²) in [5.74, 6) is 0.193. The van der Waals surface area contributed by atoms with Crippen molar-refractivity contribution in [2.24, 2.45) is 5.92 Å². The topological polar surface area (TPSA) is 83.1 Å². The lowest BCUT2D eigenvalue weighted by Gasteiger charge is -2.22. The van der Waals surface area contributed by atoms with Crippen LogP contribution < -0.4 is 14.8 Å². The number of amides is 1. The zero-order valence-electron chi connectivity index (χ0n) is 13.9. The molecule has 1 N–H and O–H groups in total. The molecule has 3 atom stereocenters. The number of rotatable bonds is 4. The second-order valence-corrected chi connectivity index (χ2v) is 6.50. The van der Waals surface area contributed by atoms with Gasteiger partial charge in [0, 0.05) is 13.2 Å². The summed E-state index contributed by atoms with van der Waals surface area (Å²) in [6.07, 6.45) is 1.51. The summed E-state index contributed by atoms with van der Waals surface area (Å²) in [5, 5.41) is 2.90. The quantitative estimate of drug-likeness (QED) is 0.828. The molecule has 7 heteroatoms.